The number of nitrogens with one attached hydrogen (secondary N) is 1. The van der Waals surface area contributed by atoms with E-state index in [0.29, 0.717) is 23.2 Å². The molecule has 6 rings (SSSR count). The minimum Gasteiger partial charge on any atom is -0.381 e. The number of nitrogens with two attached hydrogens (primary N) is 1. The van der Waals surface area contributed by atoms with E-state index in [0.717, 1.165) is 16.8 Å². The number of anilines is 2. The third-order valence-corrected chi connectivity index (χ3v) is 7.01. The Balaban J connectivity index is 1.37. The lowest BCUT2D eigenvalue weighted by Gasteiger charge is -2.40. The maximum atomic E-state index is 14.2. The number of para-hydroxylation sites is 1. The number of benzene rings is 2. The van der Waals surface area contributed by atoms with Gasteiger partial charge in [0.05, 0.1) is 23.4 Å². The van der Waals surface area contributed by atoms with Gasteiger partial charge < -0.3 is 16.0 Å². The SMILES string of the molecule is C[C@H](NC(=O)c1c(N)nn2cccnc12)C1Cc2cccc(C#Cc3cnn(C)c3)c2C(=O)N1c1ccccc1. The van der Waals surface area contributed by atoms with Crippen LogP contribution in [0.3, 0.4) is 0 Å². The minimum atomic E-state index is -0.437. The monoisotopic (exact) mass is 530 g/mol. The number of nitrogen functional groups attached to an aromatic ring is 1. The van der Waals surface area contributed by atoms with E-state index in [-0.39, 0.29) is 23.3 Å². The highest BCUT2D eigenvalue weighted by atomic mass is 16.2. The molecule has 2 aromatic carbocycles. The average molecular weight is 531 g/mol. The topological polar surface area (TPSA) is 123 Å². The van der Waals surface area contributed by atoms with Crippen molar-refractivity contribution >= 4 is 29.0 Å². The van der Waals surface area contributed by atoms with Crippen molar-refractivity contribution in [1.29, 1.82) is 0 Å². The fourth-order valence-electron chi connectivity index (χ4n) is 5.13. The minimum absolute atomic E-state index is 0.0882. The van der Waals surface area contributed by atoms with Gasteiger partial charge in [0.15, 0.2) is 11.5 Å². The van der Waals surface area contributed by atoms with Gasteiger partial charge in [-0.15, -0.1) is 5.10 Å². The molecule has 10 heteroatoms. The number of rotatable bonds is 4. The fraction of sp³-hybridized carbons (Fsp3) is 0.167. The van der Waals surface area contributed by atoms with Crippen molar-refractivity contribution < 1.29 is 9.59 Å². The largest absolute Gasteiger partial charge is 0.381 e. The number of hydrogen-bond donors (Lipinski definition) is 2. The van der Waals surface area contributed by atoms with E-state index in [1.54, 1.807) is 34.2 Å². The Kier molecular flexibility index (Phi) is 6.24. The quantitative estimate of drug-likeness (QED) is 0.345. The van der Waals surface area contributed by atoms with E-state index in [9.17, 15) is 9.59 Å². The maximum absolute atomic E-state index is 14.2. The summed E-state index contributed by atoms with van der Waals surface area (Å²) in [5.74, 6) is 5.80. The third kappa shape index (κ3) is 4.43. The molecule has 0 radical (unpaired) electrons. The summed E-state index contributed by atoms with van der Waals surface area (Å²) >= 11 is 0. The van der Waals surface area contributed by atoms with Gasteiger partial charge in [-0.25, -0.2) is 9.50 Å². The van der Waals surface area contributed by atoms with Crippen LogP contribution in [0.1, 0.15) is 44.3 Å². The molecule has 0 aliphatic carbocycles. The van der Waals surface area contributed by atoms with Crippen LogP contribution in [0.25, 0.3) is 5.65 Å². The summed E-state index contributed by atoms with van der Waals surface area (Å²) in [7, 11) is 1.83. The van der Waals surface area contributed by atoms with Gasteiger partial charge in [-0.05, 0) is 43.2 Å². The second-order valence-corrected chi connectivity index (χ2v) is 9.68. The molecule has 1 unspecified atom stereocenters. The van der Waals surface area contributed by atoms with Gasteiger partial charge >= 0.3 is 0 Å². The van der Waals surface area contributed by atoms with E-state index in [1.807, 2.05) is 68.7 Å². The second-order valence-electron chi connectivity index (χ2n) is 9.68. The van der Waals surface area contributed by atoms with Crippen LogP contribution in [0.5, 0.6) is 0 Å². The molecule has 3 N–H and O–H groups in total. The average Bonchev–Trinajstić information content (AvgIpc) is 3.53. The van der Waals surface area contributed by atoms with Crippen molar-refractivity contribution in [2.24, 2.45) is 7.05 Å². The molecule has 2 atom stereocenters. The van der Waals surface area contributed by atoms with Gasteiger partial charge in [-0.1, -0.05) is 42.2 Å². The molecule has 0 bridgehead atoms. The highest BCUT2D eigenvalue weighted by molar-refractivity contribution is 6.10. The second kappa shape index (κ2) is 10.0. The molecule has 2 amide bonds. The molecule has 4 heterocycles. The zero-order valence-electron chi connectivity index (χ0n) is 21.9. The molecule has 0 saturated carbocycles. The first kappa shape index (κ1) is 24.9. The highest BCUT2D eigenvalue weighted by Gasteiger charge is 2.38. The summed E-state index contributed by atoms with van der Waals surface area (Å²) in [6.07, 6.45) is 7.30. The van der Waals surface area contributed by atoms with E-state index in [4.69, 9.17) is 5.73 Å². The fourth-order valence-corrected chi connectivity index (χ4v) is 5.13. The Hall–Kier alpha value is -5.43. The smallest absolute Gasteiger partial charge is 0.260 e. The molecule has 0 fully saturated rings. The summed E-state index contributed by atoms with van der Waals surface area (Å²) in [6, 6.07) is 16.1. The first-order valence-electron chi connectivity index (χ1n) is 12.8. The predicted molar refractivity (Wildman–Crippen MR) is 151 cm³/mol. The number of aryl methyl sites for hydroxylation is 1. The van der Waals surface area contributed by atoms with Crippen LogP contribution in [0.15, 0.2) is 79.4 Å². The van der Waals surface area contributed by atoms with Gasteiger partial charge in [0, 0.05) is 42.9 Å². The first-order chi connectivity index (χ1) is 19.4. The molecule has 1 aliphatic rings. The van der Waals surface area contributed by atoms with E-state index in [2.05, 4.69) is 32.3 Å². The zero-order chi connectivity index (χ0) is 27.8. The Morgan fingerprint density at radius 3 is 2.73 bits per heavy atom. The van der Waals surface area contributed by atoms with E-state index < -0.39 is 11.9 Å². The standard InChI is InChI=1S/C30H26N8O2/c1-19(34-29(39)26-27(31)35-37-15-7-14-32-28(26)37)24-16-22-9-6-8-21(13-12-20-17-33-36(2)18-20)25(22)30(40)38(24)23-10-4-3-5-11-23/h3-11,14-15,17-19,24H,16H2,1-2H3,(H2,31,35)(H,34,39)/t19-,24?/m0/s1. The molecular weight excluding hydrogens is 504 g/mol. The van der Waals surface area contributed by atoms with Crippen LogP contribution in [0.2, 0.25) is 0 Å². The lowest BCUT2D eigenvalue weighted by Crippen LogP contribution is -2.56. The van der Waals surface area contributed by atoms with Crippen LogP contribution in [-0.2, 0) is 13.5 Å². The Labute approximate surface area is 230 Å². The summed E-state index contributed by atoms with van der Waals surface area (Å²) in [6.45, 7) is 1.89. The molecule has 40 heavy (non-hydrogen) atoms. The zero-order valence-corrected chi connectivity index (χ0v) is 21.9. The first-order valence-corrected chi connectivity index (χ1v) is 12.8. The number of amides is 2. The number of aromatic nitrogens is 5. The van der Waals surface area contributed by atoms with Gasteiger partial charge in [0.2, 0.25) is 0 Å². The number of hydrogen-bond acceptors (Lipinski definition) is 6. The van der Waals surface area contributed by atoms with Crippen LogP contribution in [-0.4, -0.2) is 48.3 Å². The Morgan fingerprint density at radius 1 is 1.12 bits per heavy atom. The van der Waals surface area contributed by atoms with Crippen molar-refractivity contribution in [2.45, 2.75) is 25.4 Å². The number of nitrogens with zero attached hydrogens (tertiary/aromatic N) is 6. The van der Waals surface area contributed by atoms with Crippen molar-refractivity contribution in [2.75, 3.05) is 10.6 Å². The van der Waals surface area contributed by atoms with Crippen LogP contribution in [0.4, 0.5) is 11.5 Å². The summed E-state index contributed by atoms with van der Waals surface area (Å²) < 4.78 is 3.16. The third-order valence-electron chi connectivity index (χ3n) is 7.01. The molecule has 0 saturated heterocycles. The van der Waals surface area contributed by atoms with Crippen LogP contribution >= 0.6 is 0 Å². The summed E-state index contributed by atoms with van der Waals surface area (Å²) in [5, 5.41) is 11.4. The maximum Gasteiger partial charge on any atom is 0.260 e. The van der Waals surface area contributed by atoms with Gasteiger partial charge in [-0.2, -0.15) is 5.10 Å². The Bertz CT molecular complexity index is 1810. The molecule has 198 valence electrons. The normalized spacial score (nSPS) is 15.3. The summed E-state index contributed by atoms with van der Waals surface area (Å²) in [4.78, 5) is 33.6. The van der Waals surface area contributed by atoms with E-state index >= 15 is 0 Å². The van der Waals surface area contributed by atoms with Crippen molar-refractivity contribution in [3.63, 3.8) is 0 Å². The summed E-state index contributed by atoms with van der Waals surface area (Å²) in [5.41, 5.74) is 10.2. The van der Waals surface area contributed by atoms with Gasteiger partial charge in [0.25, 0.3) is 11.8 Å². The Morgan fingerprint density at radius 2 is 1.95 bits per heavy atom. The lowest BCUT2D eigenvalue weighted by atomic mass is 9.86. The van der Waals surface area contributed by atoms with Crippen molar-refractivity contribution in [1.82, 2.24) is 29.7 Å². The van der Waals surface area contributed by atoms with Crippen LogP contribution in [0, 0.1) is 11.8 Å². The number of carbonyl (C=O) groups excluding carboxylic acids is 2. The molecule has 1 aliphatic heterocycles. The van der Waals surface area contributed by atoms with E-state index in [1.165, 1.54) is 4.52 Å². The molecule has 3 aromatic heterocycles. The highest BCUT2D eigenvalue weighted by Crippen LogP contribution is 2.32. The lowest BCUT2D eigenvalue weighted by molar-refractivity contribution is 0.0908. The number of fused-ring (bicyclic) bond motifs is 2. The van der Waals surface area contributed by atoms with Crippen molar-refractivity contribution in [3.05, 3.63) is 107 Å². The molecular formula is C30H26N8O2. The molecule has 10 nitrogen and oxygen atoms in total. The predicted octanol–water partition coefficient (Wildman–Crippen LogP) is 2.83. The van der Waals surface area contributed by atoms with Gasteiger partial charge in [0.1, 0.15) is 5.56 Å². The van der Waals surface area contributed by atoms with Crippen LogP contribution < -0.4 is 16.0 Å². The molecule has 5 aromatic rings. The van der Waals surface area contributed by atoms with Crippen molar-refractivity contribution in [3.8, 4) is 11.8 Å². The number of carbonyl (C=O) groups is 2. The molecule has 0 spiro atoms. The van der Waals surface area contributed by atoms with Gasteiger partial charge in [-0.3, -0.25) is 14.3 Å².